The highest BCUT2D eigenvalue weighted by atomic mass is 79.9. The molecule has 10 heavy (non-hydrogen) atoms. The maximum atomic E-state index is 5.13. The fourth-order valence-electron chi connectivity index (χ4n) is 0.703. The zero-order valence-electron chi connectivity index (χ0n) is 5.57. The molecular weight excluding hydrogens is 280 g/mol. The van der Waals surface area contributed by atoms with Gasteiger partial charge in [0.05, 0.1) is 15.4 Å². The van der Waals surface area contributed by atoms with Crippen molar-refractivity contribution in [1.82, 2.24) is 0 Å². The number of hydrogen-bond acceptors (Lipinski definition) is 2. The van der Waals surface area contributed by atoms with Crippen LogP contribution in [0.3, 0.4) is 0 Å². The molecule has 0 fully saturated rings. The lowest BCUT2D eigenvalue weighted by molar-refractivity contribution is 0.411. The van der Waals surface area contributed by atoms with Crippen molar-refractivity contribution in [3.63, 3.8) is 0 Å². The van der Waals surface area contributed by atoms with Crippen LogP contribution >= 0.6 is 43.2 Å². The van der Waals surface area contributed by atoms with Gasteiger partial charge in [-0.15, -0.1) is 11.3 Å². The van der Waals surface area contributed by atoms with Gasteiger partial charge in [0.1, 0.15) is 5.75 Å². The number of rotatable bonds is 1. The van der Waals surface area contributed by atoms with E-state index in [0.717, 1.165) is 14.0 Å². The van der Waals surface area contributed by atoms with Crippen molar-refractivity contribution in [2.45, 2.75) is 6.92 Å². The summed E-state index contributed by atoms with van der Waals surface area (Å²) < 4.78 is 7.23. The van der Waals surface area contributed by atoms with Crippen molar-refractivity contribution < 1.29 is 4.74 Å². The Bertz CT molecular complexity index is 244. The van der Waals surface area contributed by atoms with Crippen LogP contribution in [0.25, 0.3) is 0 Å². The minimum absolute atomic E-state index is 0.928. The molecule has 1 nitrogen and oxygen atoms in total. The van der Waals surface area contributed by atoms with Crippen LogP contribution in [0.2, 0.25) is 0 Å². The molecule has 4 heteroatoms. The van der Waals surface area contributed by atoms with E-state index in [2.05, 4.69) is 31.9 Å². The summed E-state index contributed by atoms with van der Waals surface area (Å²) in [5.74, 6) is 0.928. The van der Waals surface area contributed by atoms with E-state index in [9.17, 15) is 0 Å². The maximum absolute atomic E-state index is 5.13. The molecule has 0 amide bonds. The number of halogens is 2. The molecular formula is C6H6Br2OS. The number of thiophene rings is 1. The van der Waals surface area contributed by atoms with Gasteiger partial charge < -0.3 is 4.74 Å². The van der Waals surface area contributed by atoms with E-state index in [-0.39, 0.29) is 0 Å². The largest absolute Gasteiger partial charge is 0.494 e. The topological polar surface area (TPSA) is 9.23 Å². The van der Waals surface area contributed by atoms with Crippen LogP contribution in [0.15, 0.2) is 8.26 Å². The molecule has 0 radical (unpaired) electrons. The lowest BCUT2D eigenvalue weighted by Gasteiger charge is -1.96. The van der Waals surface area contributed by atoms with E-state index < -0.39 is 0 Å². The first kappa shape index (κ1) is 8.56. The highest BCUT2D eigenvalue weighted by molar-refractivity contribution is 9.13. The first-order valence-corrected chi connectivity index (χ1v) is 5.05. The predicted molar refractivity (Wildman–Crippen MR) is 51.0 cm³/mol. The minimum Gasteiger partial charge on any atom is -0.494 e. The lowest BCUT2D eigenvalue weighted by atomic mass is 10.5. The van der Waals surface area contributed by atoms with E-state index in [4.69, 9.17) is 4.74 Å². The van der Waals surface area contributed by atoms with Gasteiger partial charge in [-0.3, -0.25) is 0 Å². The summed E-state index contributed by atoms with van der Waals surface area (Å²) >= 11 is 8.46. The second-order valence-electron chi connectivity index (χ2n) is 1.78. The molecule has 0 unspecified atom stereocenters. The zero-order chi connectivity index (χ0) is 7.72. The number of ether oxygens (including phenoxy) is 1. The van der Waals surface area contributed by atoms with Gasteiger partial charge in [-0.2, -0.15) is 0 Å². The zero-order valence-corrected chi connectivity index (χ0v) is 9.56. The van der Waals surface area contributed by atoms with Crippen LogP contribution in [0, 0.1) is 6.92 Å². The van der Waals surface area contributed by atoms with E-state index in [1.54, 1.807) is 18.4 Å². The van der Waals surface area contributed by atoms with Gasteiger partial charge in [0.25, 0.3) is 0 Å². The van der Waals surface area contributed by atoms with E-state index in [0.29, 0.717) is 0 Å². The Morgan fingerprint density at radius 3 is 2.20 bits per heavy atom. The van der Waals surface area contributed by atoms with Crippen molar-refractivity contribution in [3.8, 4) is 5.75 Å². The van der Waals surface area contributed by atoms with Crippen molar-refractivity contribution in [2.24, 2.45) is 0 Å². The van der Waals surface area contributed by atoms with Crippen LogP contribution in [0.5, 0.6) is 5.75 Å². The van der Waals surface area contributed by atoms with Gasteiger partial charge in [-0.05, 0) is 38.8 Å². The van der Waals surface area contributed by atoms with Gasteiger partial charge in [-0.25, -0.2) is 0 Å². The number of methoxy groups -OCH3 is 1. The Morgan fingerprint density at radius 1 is 1.40 bits per heavy atom. The van der Waals surface area contributed by atoms with Crippen molar-refractivity contribution >= 4 is 43.2 Å². The van der Waals surface area contributed by atoms with Crippen molar-refractivity contribution in [1.29, 1.82) is 0 Å². The highest BCUT2D eigenvalue weighted by Gasteiger charge is 2.10. The van der Waals surface area contributed by atoms with Crippen molar-refractivity contribution in [2.75, 3.05) is 7.11 Å². The van der Waals surface area contributed by atoms with Crippen LogP contribution in [0.4, 0.5) is 0 Å². The lowest BCUT2D eigenvalue weighted by Crippen LogP contribution is -1.81. The molecule has 1 heterocycles. The highest BCUT2D eigenvalue weighted by Crippen LogP contribution is 2.42. The fourth-order valence-corrected chi connectivity index (χ4v) is 3.17. The predicted octanol–water partition coefficient (Wildman–Crippen LogP) is 3.59. The molecule has 0 saturated heterocycles. The third kappa shape index (κ3) is 1.38. The summed E-state index contributed by atoms with van der Waals surface area (Å²) in [6.45, 7) is 2.03. The summed E-state index contributed by atoms with van der Waals surface area (Å²) in [5, 5.41) is 0. The number of aryl methyl sites for hydroxylation is 1. The molecule has 1 rings (SSSR count). The number of hydrogen-bond donors (Lipinski definition) is 0. The summed E-state index contributed by atoms with van der Waals surface area (Å²) in [4.78, 5) is 1.18. The van der Waals surface area contributed by atoms with E-state index in [1.807, 2.05) is 6.92 Å². The molecule has 0 aliphatic carbocycles. The van der Waals surface area contributed by atoms with Crippen LogP contribution in [-0.2, 0) is 0 Å². The molecule has 0 aliphatic rings. The Kier molecular flexibility index (Phi) is 2.77. The summed E-state index contributed by atoms with van der Waals surface area (Å²) in [6.07, 6.45) is 0. The molecule has 56 valence electrons. The average Bonchev–Trinajstić information content (AvgIpc) is 2.09. The molecule has 0 aliphatic heterocycles. The quantitative estimate of drug-likeness (QED) is 0.766. The van der Waals surface area contributed by atoms with E-state index in [1.165, 1.54) is 4.88 Å². The second kappa shape index (κ2) is 3.24. The van der Waals surface area contributed by atoms with Crippen LogP contribution in [0.1, 0.15) is 4.88 Å². The third-order valence-corrected chi connectivity index (χ3v) is 4.45. The van der Waals surface area contributed by atoms with Gasteiger partial charge in [-0.1, -0.05) is 0 Å². The van der Waals surface area contributed by atoms with E-state index >= 15 is 0 Å². The molecule has 0 atom stereocenters. The van der Waals surface area contributed by atoms with Gasteiger partial charge >= 0.3 is 0 Å². The van der Waals surface area contributed by atoms with Gasteiger partial charge in [0.15, 0.2) is 0 Å². The standard InChI is InChI=1S/C6H6Br2OS/c1-3-5(9-2)4(7)6(8)10-3/h1-2H3. The SMILES string of the molecule is COc1c(C)sc(Br)c1Br. The van der Waals surface area contributed by atoms with Crippen LogP contribution in [-0.4, -0.2) is 7.11 Å². The Balaban J connectivity index is 3.20. The summed E-state index contributed by atoms with van der Waals surface area (Å²) in [7, 11) is 1.67. The Morgan fingerprint density at radius 2 is 2.00 bits per heavy atom. The van der Waals surface area contributed by atoms with Gasteiger partial charge in [0, 0.05) is 4.88 Å². The summed E-state index contributed by atoms with van der Waals surface area (Å²) in [6, 6.07) is 0. The molecule has 1 aromatic rings. The van der Waals surface area contributed by atoms with Crippen molar-refractivity contribution in [3.05, 3.63) is 13.1 Å². The summed E-state index contributed by atoms with van der Waals surface area (Å²) in [5.41, 5.74) is 0. The molecule has 0 aromatic carbocycles. The Hall–Kier alpha value is 0.460. The molecule has 0 bridgehead atoms. The average molecular weight is 286 g/mol. The molecule has 0 N–H and O–H groups in total. The molecule has 0 saturated carbocycles. The fraction of sp³-hybridized carbons (Fsp3) is 0.333. The van der Waals surface area contributed by atoms with Crippen LogP contribution < -0.4 is 4.74 Å². The molecule has 0 spiro atoms. The smallest absolute Gasteiger partial charge is 0.147 e. The first-order chi connectivity index (χ1) is 4.66. The minimum atomic E-state index is 0.928. The Labute approximate surface area is 80.7 Å². The monoisotopic (exact) mass is 284 g/mol. The third-order valence-electron chi connectivity index (χ3n) is 1.14. The normalized spacial score (nSPS) is 10.0. The van der Waals surface area contributed by atoms with Gasteiger partial charge in [0.2, 0.25) is 0 Å². The first-order valence-electron chi connectivity index (χ1n) is 2.65. The maximum Gasteiger partial charge on any atom is 0.147 e. The second-order valence-corrected chi connectivity index (χ2v) is 5.11. The molecule has 1 aromatic heterocycles.